The first-order chi connectivity index (χ1) is 12.4. The summed E-state index contributed by atoms with van der Waals surface area (Å²) in [5.74, 6) is 0.372. The van der Waals surface area contributed by atoms with E-state index in [4.69, 9.17) is 10.00 Å². The molecule has 0 atom stereocenters. The lowest BCUT2D eigenvalue weighted by Crippen LogP contribution is -2.38. The molecule has 1 aromatic carbocycles. The molecule has 0 aliphatic rings. The predicted molar refractivity (Wildman–Crippen MR) is 105 cm³/mol. The number of hydrogen-bond donors (Lipinski definition) is 0. The normalized spacial score (nSPS) is 12.7. The smallest absolute Gasteiger partial charge is 0.243 e. The van der Waals surface area contributed by atoms with E-state index in [9.17, 15) is 16.8 Å². The van der Waals surface area contributed by atoms with E-state index in [-0.39, 0.29) is 41.4 Å². The van der Waals surface area contributed by atoms with E-state index in [1.807, 2.05) is 26.8 Å². The van der Waals surface area contributed by atoms with Gasteiger partial charge in [0.2, 0.25) is 10.0 Å². The fourth-order valence-corrected chi connectivity index (χ4v) is 4.57. The molecule has 1 rings (SSSR count). The quantitative estimate of drug-likeness (QED) is 0.580. The number of ether oxygens (including phenoxy) is 1. The standard InChI is InChI=1S/C18H28N2O5S2/c1-5-26(21,22)14-13-25-16-7-9-17(10-8-16)27(23,24)20(12-6-11-19)15-18(2,3)4/h7-10H,5-6,12-15H2,1-4H3. The largest absolute Gasteiger partial charge is 0.493 e. The molecule has 0 unspecified atom stereocenters. The first-order valence-electron chi connectivity index (χ1n) is 8.72. The molecule has 0 aliphatic carbocycles. The molecule has 152 valence electrons. The summed E-state index contributed by atoms with van der Waals surface area (Å²) in [6.45, 7) is 7.81. The summed E-state index contributed by atoms with van der Waals surface area (Å²) in [6, 6.07) is 7.85. The summed E-state index contributed by atoms with van der Waals surface area (Å²) in [5.41, 5.74) is -0.254. The van der Waals surface area contributed by atoms with E-state index in [2.05, 4.69) is 0 Å². The highest BCUT2D eigenvalue weighted by Gasteiger charge is 2.28. The average Bonchev–Trinajstić information content (AvgIpc) is 2.58. The molecule has 0 amide bonds. The minimum Gasteiger partial charge on any atom is -0.493 e. The lowest BCUT2D eigenvalue weighted by Gasteiger charge is -2.28. The van der Waals surface area contributed by atoms with Crippen LogP contribution in [0.5, 0.6) is 5.75 Å². The Labute approximate surface area is 162 Å². The van der Waals surface area contributed by atoms with Crippen molar-refractivity contribution in [3.05, 3.63) is 24.3 Å². The van der Waals surface area contributed by atoms with Gasteiger partial charge in [-0.1, -0.05) is 27.7 Å². The van der Waals surface area contributed by atoms with E-state index in [1.165, 1.54) is 28.6 Å². The van der Waals surface area contributed by atoms with Gasteiger partial charge in [0.1, 0.15) is 12.4 Å². The zero-order valence-corrected chi connectivity index (χ0v) is 17.9. The molecule has 7 nitrogen and oxygen atoms in total. The van der Waals surface area contributed by atoms with E-state index in [0.29, 0.717) is 12.3 Å². The van der Waals surface area contributed by atoms with Crippen molar-refractivity contribution in [2.45, 2.75) is 39.0 Å². The summed E-state index contributed by atoms with van der Waals surface area (Å²) in [7, 11) is -6.85. The molecule has 9 heteroatoms. The van der Waals surface area contributed by atoms with Crippen LogP contribution in [-0.2, 0) is 19.9 Å². The van der Waals surface area contributed by atoms with Gasteiger partial charge in [-0.25, -0.2) is 16.8 Å². The van der Waals surface area contributed by atoms with Gasteiger partial charge in [-0.05, 0) is 29.7 Å². The van der Waals surface area contributed by atoms with Crippen molar-refractivity contribution in [1.29, 1.82) is 5.26 Å². The third-order valence-corrected chi connectivity index (χ3v) is 7.22. The van der Waals surface area contributed by atoms with Crippen LogP contribution in [0.3, 0.4) is 0 Å². The molecule has 0 heterocycles. The summed E-state index contributed by atoms with van der Waals surface area (Å²) >= 11 is 0. The van der Waals surface area contributed by atoms with E-state index >= 15 is 0 Å². The Bertz CT molecular complexity index is 848. The minimum absolute atomic E-state index is 0.0145. The fraction of sp³-hybridized carbons (Fsp3) is 0.611. The third kappa shape index (κ3) is 7.87. The Kier molecular flexibility index (Phi) is 8.26. The van der Waals surface area contributed by atoms with Gasteiger partial charge in [0, 0.05) is 25.3 Å². The van der Waals surface area contributed by atoms with Crippen LogP contribution in [0.25, 0.3) is 0 Å². The summed E-state index contributed by atoms with van der Waals surface area (Å²) in [6.07, 6.45) is 0.113. The van der Waals surface area contributed by atoms with E-state index in [0.717, 1.165) is 0 Å². The number of nitriles is 1. The first-order valence-corrected chi connectivity index (χ1v) is 12.0. The van der Waals surface area contributed by atoms with Crippen molar-refractivity contribution in [2.75, 3.05) is 31.2 Å². The van der Waals surface area contributed by atoms with Crippen molar-refractivity contribution in [3.63, 3.8) is 0 Å². The molecule has 0 fully saturated rings. The van der Waals surface area contributed by atoms with Gasteiger partial charge in [0.25, 0.3) is 0 Å². The Morgan fingerprint density at radius 2 is 1.70 bits per heavy atom. The second kappa shape index (κ2) is 9.53. The lowest BCUT2D eigenvalue weighted by atomic mass is 9.97. The Morgan fingerprint density at radius 1 is 1.11 bits per heavy atom. The number of sulfone groups is 1. The fourth-order valence-electron chi connectivity index (χ4n) is 2.28. The minimum atomic E-state index is -3.74. The van der Waals surface area contributed by atoms with Crippen LogP contribution in [0, 0.1) is 16.7 Å². The van der Waals surface area contributed by atoms with Crippen molar-refractivity contribution >= 4 is 19.9 Å². The molecule has 0 N–H and O–H groups in total. The zero-order valence-electron chi connectivity index (χ0n) is 16.3. The van der Waals surface area contributed by atoms with Gasteiger partial charge in [-0.2, -0.15) is 9.57 Å². The van der Waals surface area contributed by atoms with Crippen molar-refractivity contribution in [2.24, 2.45) is 5.41 Å². The highest BCUT2D eigenvalue weighted by atomic mass is 32.2. The number of hydrogen-bond acceptors (Lipinski definition) is 6. The highest BCUT2D eigenvalue weighted by molar-refractivity contribution is 7.91. The molecular weight excluding hydrogens is 388 g/mol. The average molecular weight is 417 g/mol. The SMILES string of the molecule is CCS(=O)(=O)CCOc1ccc(S(=O)(=O)N(CCC#N)CC(C)(C)C)cc1. The Hall–Kier alpha value is -1.63. The van der Waals surface area contributed by atoms with Crippen LogP contribution < -0.4 is 4.74 Å². The van der Waals surface area contributed by atoms with Gasteiger partial charge in [0.05, 0.1) is 16.7 Å². The molecule has 0 spiro atoms. The Balaban J connectivity index is 2.91. The van der Waals surface area contributed by atoms with Crippen LogP contribution in [0.4, 0.5) is 0 Å². The highest BCUT2D eigenvalue weighted by Crippen LogP contribution is 2.24. The van der Waals surface area contributed by atoms with Gasteiger partial charge < -0.3 is 4.74 Å². The maximum absolute atomic E-state index is 12.9. The van der Waals surface area contributed by atoms with Crippen LogP contribution >= 0.6 is 0 Å². The van der Waals surface area contributed by atoms with Crippen molar-refractivity contribution < 1.29 is 21.6 Å². The molecular formula is C18H28N2O5S2. The molecule has 27 heavy (non-hydrogen) atoms. The van der Waals surface area contributed by atoms with E-state index < -0.39 is 19.9 Å². The summed E-state index contributed by atoms with van der Waals surface area (Å²) in [5, 5.41) is 8.81. The number of rotatable bonds is 10. The second-order valence-electron chi connectivity index (χ2n) is 7.36. The molecule has 0 radical (unpaired) electrons. The molecule has 1 aromatic rings. The second-order valence-corrected chi connectivity index (χ2v) is 11.8. The first kappa shape index (κ1) is 23.4. The topological polar surface area (TPSA) is 105 Å². The van der Waals surface area contributed by atoms with Gasteiger partial charge in [-0.3, -0.25) is 0 Å². The molecule has 0 saturated heterocycles. The summed E-state index contributed by atoms with van der Waals surface area (Å²) in [4.78, 5) is 0.109. The third-order valence-electron chi connectivity index (χ3n) is 3.69. The Morgan fingerprint density at radius 3 is 2.19 bits per heavy atom. The predicted octanol–water partition coefficient (Wildman–Crippen LogP) is 2.45. The molecule has 0 bridgehead atoms. The van der Waals surface area contributed by atoms with Gasteiger partial charge in [0.15, 0.2) is 9.84 Å². The monoisotopic (exact) mass is 416 g/mol. The molecule has 0 aliphatic heterocycles. The van der Waals surface area contributed by atoms with Crippen LogP contribution in [0.15, 0.2) is 29.2 Å². The molecule has 0 aromatic heterocycles. The summed E-state index contributed by atoms with van der Waals surface area (Å²) < 4.78 is 55.4. The maximum Gasteiger partial charge on any atom is 0.243 e. The lowest BCUT2D eigenvalue weighted by molar-refractivity contribution is 0.284. The molecule has 0 saturated carbocycles. The number of sulfonamides is 1. The maximum atomic E-state index is 12.9. The van der Waals surface area contributed by atoms with Crippen molar-refractivity contribution in [1.82, 2.24) is 4.31 Å². The van der Waals surface area contributed by atoms with Crippen LogP contribution in [-0.4, -0.2) is 52.3 Å². The van der Waals surface area contributed by atoms with Crippen LogP contribution in [0.2, 0.25) is 0 Å². The van der Waals surface area contributed by atoms with Gasteiger partial charge in [-0.15, -0.1) is 0 Å². The van der Waals surface area contributed by atoms with Gasteiger partial charge >= 0.3 is 0 Å². The number of nitrogens with zero attached hydrogens (tertiary/aromatic N) is 2. The van der Waals surface area contributed by atoms with Crippen molar-refractivity contribution in [3.8, 4) is 11.8 Å². The number of benzene rings is 1. The zero-order chi connectivity index (χ0) is 20.7. The van der Waals surface area contributed by atoms with E-state index in [1.54, 1.807) is 6.92 Å². The van der Waals surface area contributed by atoms with Crippen LogP contribution in [0.1, 0.15) is 34.1 Å².